The van der Waals surface area contributed by atoms with Crippen LogP contribution in [0.25, 0.3) is 0 Å². The average Bonchev–Trinajstić information content (AvgIpc) is 3.33. The lowest BCUT2D eigenvalue weighted by atomic mass is 9.67. The summed E-state index contributed by atoms with van der Waals surface area (Å²) in [5, 5.41) is 20.3. The third-order valence-corrected chi connectivity index (χ3v) is 5.21. The van der Waals surface area contributed by atoms with E-state index >= 15 is 0 Å². The zero-order valence-electron chi connectivity index (χ0n) is 12.2. The van der Waals surface area contributed by atoms with Crippen LogP contribution in [0.3, 0.4) is 0 Å². The zero-order valence-corrected chi connectivity index (χ0v) is 12.2. The second kappa shape index (κ2) is 5.22. The first-order valence-electron chi connectivity index (χ1n) is 7.84. The average molecular weight is 269 g/mol. The van der Waals surface area contributed by atoms with Gasteiger partial charge in [-0.05, 0) is 61.5 Å². The first-order chi connectivity index (χ1) is 9.64. The molecule has 1 atom stereocenters. The Morgan fingerprint density at radius 3 is 2.25 bits per heavy atom. The van der Waals surface area contributed by atoms with Crippen molar-refractivity contribution in [2.45, 2.75) is 57.5 Å². The molecule has 0 bridgehead atoms. The molecule has 2 fully saturated rings. The molecule has 0 aliphatic heterocycles. The molecule has 20 heavy (non-hydrogen) atoms. The van der Waals surface area contributed by atoms with Crippen molar-refractivity contribution in [1.29, 1.82) is 5.26 Å². The third kappa shape index (κ3) is 2.47. The summed E-state index contributed by atoms with van der Waals surface area (Å²) in [5.74, 6) is 1.42. The molecule has 2 aliphatic carbocycles. The molecule has 2 saturated carbocycles. The van der Waals surface area contributed by atoms with Gasteiger partial charge in [-0.15, -0.1) is 0 Å². The van der Waals surface area contributed by atoms with Crippen molar-refractivity contribution in [3.05, 3.63) is 35.4 Å². The van der Waals surface area contributed by atoms with Crippen LogP contribution in [0.1, 0.15) is 68.6 Å². The minimum Gasteiger partial charge on any atom is -0.387 e. The molecular weight excluding hydrogens is 246 g/mol. The molecule has 1 unspecified atom stereocenters. The molecule has 0 heterocycles. The van der Waals surface area contributed by atoms with Gasteiger partial charge in [0, 0.05) is 0 Å². The highest BCUT2D eigenvalue weighted by Gasteiger charge is 2.41. The summed E-state index contributed by atoms with van der Waals surface area (Å²) in [4.78, 5) is 0. The molecule has 2 heteroatoms. The van der Waals surface area contributed by atoms with Gasteiger partial charge in [0.2, 0.25) is 0 Å². The maximum Gasteiger partial charge on any atom is 0.0976 e. The molecule has 2 nitrogen and oxygen atoms in total. The SMILES string of the molecule is CC1CCC(C#N)(C(O)c2ccc(C3CC3)cc2)CC1. The summed E-state index contributed by atoms with van der Waals surface area (Å²) in [7, 11) is 0. The second-order valence-corrected chi connectivity index (χ2v) is 6.79. The van der Waals surface area contributed by atoms with Crippen molar-refractivity contribution in [2.75, 3.05) is 0 Å². The number of hydrogen-bond acceptors (Lipinski definition) is 2. The maximum absolute atomic E-state index is 10.7. The standard InChI is InChI=1S/C18H23NO/c1-13-8-10-18(12-19,11-9-13)17(20)16-6-4-15(5-7-16)14-2-3-14/h4-7,13-14,17,20H,2-3,8-11H2,1H3. The molecule has 0 radical (unpaired) electrons. The lowest BCUT2D eigenvalue weighted by Gasteiger charge is -2.37. The zero-order chi connectivity index (χ0) is 14.2. The fraction of sp³-hybridized carbons (Fsp3) is 0.611. The quantitative estimate of drug-likeness (QED) is 0.888. The van der Waals surface area contributed by atoms with E-state index < -0.39 is 11.5 Å². The van der Waals surface area contributed by atoms with E-state index in [9.17, 15) is 10.4 Å². The third-order valence-electron chi connectivity index (χ3n) is 5.21. The van der Waals surface area contributed by atoms with Gasteiger partial charge in [0.1, 0.15) is 0 Å². The molecular formula is C18H23NO. The van der Waals surface area contributed by atoms with Crippen LogP contribution in [0.15, 0.2) is 24.3 Å². The Bertz CT molecular complexity index is 501. The molecule has 3 rings (SSSR count). The van der Waals surface area contributed by atoms with Crippen LogP contribution in [-0.4, -0.2) is 5.11 Å². The summed E-state index contributed by atoms with van der Waals surface area (Å²) >= 11 is 0. The summed E-state index contributed by atoms with van der Waals surface area (Å²) in [6, 6.07) is 10.7. The van der Waals surface area contributed by atoms with Gasteiger partial charge >= 0.3 is 0 Å². The van der Waals surface area contributed by atoms with E-state index in [1.807, 2.05) is 12.1 Å². The highest BCUT2D eigenvalue weighted by atomic mass is 16.3. The lowest BCUT2D eigenvalue weighted by molar-refractivity contribution is 0.0266. The van der Waals surface area contributed by atoms with Gasteiger partial charge in [0.25, 0.3) is 0 Å². The van der Waals surface area contributed by atoms with Crippen molar-refractivity contribution in [1.82, 2.24) is 0 Å². The van der Waals surface area contributed by atoms with Gasteiger partial charge in [0.15, 0.2) is 0 Å². The van der Waals surface area contributed by atoms with Crippen molar-refractivity contribution in [2.24, 2.45) is 11.3 Å². The van der Waals surface area contributed by atoms with Crippen LogP contribution in [-0.2, 0) is 0 Å². The topological polar surface area (TPSA) is 44.0 Å². The molecule has 1 N–H and O–H groups in total. The summed E-state index contributed by atoms with van der Waals surface area (Å²) < 4.78 is 0. The van der Waals surface area contributed by atoms with E-state index in [1.54, 1.807) is 0 Å². The number of nitriles is 1. The number of benzene rings is 1. The highest BCUT2D eigenvalue weighted by Crippen LogP contribution is 2.47. The number of aliphatic hydroxyl groups is 1. The fourth-order valence-corrected chi connectivity index (χ4v) is 3.41. The van der Waals surface area contributed by atoms with E-state index in [0.717, 1.165) is 37.2 Å². The Hall–Kier alpha value is -1.33. The predicted octanol–water partition coefficient (Wildman–Crippen LogP) is 4.32. The molecule has 0 amide bonds. The maximum atomic E-state index is 10.7. The van der Waals surface area contributed by atoms with E-state index in [4.69, 9.17) is 0 Å². The number of hydrogen-bond donors (Lipinski definition) is 1. The van der Waals surface area contributed by atoms with Gasteiger partial charge in [-0.1, -0.05) is 31.2 Å². The van der Waals surface area contributed by atoms with Gasteiger partial charge in [-0.25, -0.2) is 0 Å². The molecule has 106 valence electrons. The molecule has 2 aliphatic rings. The van der Waals surface area contributed by atoms with Crippen LogP contribution in [0.5, 0.6) is 0 Å². The predicted molar refractivity (Wildman–Crippen MR) is 79.1 cm³/mol. The van der Waals surface area contributed by atoms with Crippen LogP contribution in [0, 0.1) is 22.7 Å². The van der Waals surface area contributed by atoms with Crippen molar-refractivity contribution >= 4 is 0 Å². The molecule has 0 aromatic heterocycles. The van der Waals surface area contributed by atoms with Gasteiger partial charge in [-0.2, -0.15) is 5.26 Å². The molecule has 0 spiro atoms. The van der Waals surface area contributed by atoms with Crippen LogP contribution in [0.2, 0.25) is 0 Å². The minimum atomic E-state index is -0.645. The Kier molecular flexibility index (Phi) is 3.56. The largest absolute Gasteiger partial charge is 0.387 e. The van der Waals surface area contributed by atoms with Crippen molar-refractivity contribution in [3.8, 4) is 6.07 Å². The summed E-state index contributed by atoms with van der Waals surface area (Å²) in [6.45, 7) is 2.23. The van der Waals surface area contributed by atoms with Crippen molar-refractivity contribution < 1.29 is 5.11 Å². The number of nitrogens with zero attached hydrogens (tertiary/aromatic N) is 1. The van der Waals surface area contributed by atoms with Crippen LogP contribution < -0.4 is 0 Å². The van der Waals surface area contributed by atoms with Gasteiger partial charge in [-0.3, -0.25) is 0 Å². The Labute approximate surface area is 121 Å². The Balaban J connectivity index is 1.79. The van der Waals surface area contributed by atoms with Crippen molar-refractivity contribution in [3.63, 3.8) is 0 Å². The van der Waals surface area contributed by atoms with E-state index in [0.29, 0.717) is 5.92 Å². The minimum absolute atomic E-state index is 0.576. The first kappa shape index (κ1) is 13.6. The van der Waals surface area contributed by atoms with Crippen LogP contribution in [0.4, 0.5) is 0 Å². The first-order valence-corrected chi connectivity index (χ1v) is 7.84. The molecule has 1 aromatic rings. The fourth-order valence-electron chi connectivity index (χ4n) is 3.41. The molecule has 1 aromatic carbocycles. The lowest BCUT2D eigenvalue weighted by Crippen LogP contribution is -2.32. The van der Waals surface area contributed by atoms with Gasteiger partial charge < -0.3 is 5.11 Å². The van der Waals surface area contributed by atoms with E-state index in [1.165, 1.54) is 18.4 Å². The summed E-state index contributed by atoms with van der Waals surface area (Å²) in [6.07, 6.45) is 5.67. The Morgan fingerprint density at radius 2 is 1.75 bits per heavy atom. The highest BCUT2D eigenvalue weighted by molar-refractivity contribution is 5.31. The summed E-state index contributed by atoms with van der Waals surface area (Å²) in [5.41, 5.74) is 1.71. The normalized spacial score (nSPS) is 31.6. The molecule has 0 saturated heterocycles. The monoisotopic (exact) mass is 269 g/mol. The smallest absolute Gasteiger partial charge is 0.0976 e. The van der Waals surface area contributed by atoms with E-state index in [-0.39, 0.29) is 0 Å². The van der Waals surface area contributed by atoms with Crippen LogP contribution >= 0.6 is 0 Å². The van der Waals surface area contributed by atoms with E-state index in [2.05, 4.69) is 25.1 Å². The van der Waals surface area contributed by atoms with Gasteiger partial charge in [0.05, 0.1) is 17.6 Å². The second-order valence-electron chi connectivity index (χ2n) is 6.79. The number of aliphatic hydroxyl groups excluding tert-OH is 1. The number of rotatable bonds is 3. The Morgan fingerprint density at radius 1 is 1.15 bits per heavy atom.